The predicted molar refractivity (Wildman–Crippen MR) is 75.0 cm³/mol. The minimum Gasteiger partial charge on any atom is -0.478 e. The number of nitrogens with two attached hydrogens (primary N) is 1. The van der Waals surface area contributed by atoms with Crippen LogP contribution in [0, 0.1) is 0 Å². The molecule has 1 fully saturated rings. The summed E-state index contributed by atoms with van der Waals surface area (Å²) in [5.74, 6) is -1.30. The van der Waals surface area contributed by atoms with Gasteiger partial charge in [-0.1, -0.05) is 19.3 Å². The van der Waals surface area contributed by atoms with E-state index in [9.17, 15) is 13.2 Å². The SMILES string of the molecule is Nc1ccc(S(=O)(=O)NC2CCCCC2)c(C(=O)O)c1. The number of benzene rings is 1. The van der Waals surface area contributed by atoms with E-state index in [4.69, 9.17) is 10.8 Å². The number of carboxylic acids is 1. The van der Waals surface area contributed by atoms with Crippen LogP contribution in [0.3, 0.4) is 0 Å². The Bertz CT molecular complexity index is 607. The van der Waals surface area contributed by atoms with Gasteiger partial charge in [0.15, 0.2) is 0 Å². The van der Waals surface area contributed by atoms with Crippen LogP contribution < -0.4 is 10.5 Å². The minimum absolute atomic E-state index is 0.118. The Morgan fingerprint density at radius 1 is 1.25 bits per heavy atom. The molecule has 0 unspecified atom stereocenters. The van der Waals surface area contributed by atoms with E-state index in [1.807, 2.05) is 0 Å². The number of anilines is 1. The molecule has 0 atom stereocenters. The highest BCUT2D eigenvalue weighted by Gasteiger charge is 2.26. The molecule has 7 heteroatoms. The molecule has 1 saturated carbocycles. The van der Waals surface area contributed by atoms with Crippen molar-refractivity contribution < 1.29 is 18.3 Å². The Labute approximate surface area is 118 Å². The van der Waals surface area contributed by atoms with Gasteiger partial charge >= 0.3 is 5.97 Å². The standard InChI is InChI=1S/C13H18N2O4S/c14-9-6-7-12(11(8-9)13(16)17)20(18,19)15-10-4-2-1-3-5-10/h6-8,10,15H,1-5,14H2,(H,16,17). The summed E-state index contributed by atoms with van der Waals surface area (Å²) >= 11 is 0. The normalized spacial score (nSPS) is 17.0. The molecule has 1 aliphatic rings. The number of nitrogen functional groups attached to an aromatic ring is 1. The highest BCUT2D eigenvalue weighted by Crippen LogP contribution is 2.23. The fourth-order valence-electron chi connectivity index (χ4n) is 2.45. The van der Waals surface area contributed by atoms with Gasteiger partial charge in [-0.25, -0.2) is 17.9 Å². The first-order valence-corrected chi connectivity index (χ1v) is 8.03. The van der Waals surface area contributed by atoms with Crippen molar-refractivity contribution in [3.63, 3.8) is 0 Å². The van der Waals surface area contributed by atoms with Crippen LogP contribution >= 0.6 is 0 Å². The Morgan fingerprint density at radius 2 is 1.90 bits per heavy atom. The minimum atomic E-state index is -3.84. The molecule has 4 N–H and O–H groups in total. The molecule has 0 radical (unpaired) electrons. The van der Waals surface area contributed by atoms with Gasteiger partial charge in [0.2, 0.25) is 10.0 Å². The van der Waals surface area contributed by atoms with E-state index < -0.39 is 16.0 Å². The van der Waals surface area contributed by atoms with Crippen LogP contribution in [0.15, 0.2) is 23.1 Å². The molecule has 0 amide bonds. The number of carbonyl (C=O) groups is 1. The molecule has 0 bridgehead atoms. The molecule has 20 heavy (non-hydrogen) atoms. The Balaban J connectivity index is 2.31. The summed E-state index contributed by atoms with van der Waals surface area (Å²) in [5.41, 5.74) is 5.44. The molecule has 2 rings (SSSR count). The van der Waals surface area contributed by atoms with Gasteiger partial charge in [0.05, 0.1) is 10.5 Å². The number of nitrogens with one attached hydrogen (secondary N) is 1. The Hall–Kier alpha value is -1.60. The molecule has 0 heterocycles. The average molecular weight is 298 g/mol. The fourth-order valence-corrected chi connectivity index (χ4v) is 3.94. The van der Waals surface area contributed by atoms with Gasteiger partial charge in [0.1, 0.15) is 0 Å². The molecule has 1 aliphatic carbocycles. The van der Waals surface area contributed by atoms with E-state index in [1.165, 1.54) is 12.1 Å². The van der Waals surface area contributed by atoms with Crippen LogP contribution in [-0.4, -0.2) is 25.5 Å². The van der Waals surface area contributed by atoms with Crippen LogP contribution in [0.1, 0.15) is 42.5 Å². The summed E-state index contributed by atoms with van der Waals surface area (Å²) in [5, 5.41) is 9.11. The maximum Gasteiger partial charge on any atom is 0.337 e. The lowest BCUT2D eigenvalue weighted by Gasteiger charge is -2.23. The zero-order chi connectivity index (χ0) is 14.8. The van der Waals surface area contributed by atoms with Crippen LogP contribution in [0.5, 0.6) is 0 Å². The van der Waals surface area contributed by atoms with Crippen molar-refractivity contribution in [2.75, 3.05) is 5.73 Å². The van der Waals surface area contributed by atoms with E-state index in [-0.39, 0.29) is 22.2 Å². The summed E-state index contributed by atoms with van der Waals surface area (Å²) < 4.78 is 27.2. The predicted octanol–water partition coefficient (Wildman–Crippen LogP) is 1.58. The lowest BCUT2D eigenvalue weighted by atomic mass is 9.96. The third-order valence-electron chi connectivity index (χ3n) is 3.45. The van der Waals surface area contributed by atoms with Gasteiger partial charge in [0, 0.05) is 11.7 Å². The smallest absolute Gasteiger partial charge is 0.337 e. The number of hydrogen-bond acceptors (Lipinski definition) is 4. The molecular formula is C13H18N2O4S. The van der Waals surface area contributed by atoms with Gasteiger partial charge in [0.25, 0.3) is 0 Å². The van der Waals surface area contributed by atoms with Crippen LogP contribution in [-0.2, 0) is 10.0 Å². The van der Waals surface area contributed by atoms with Gasteiger partial charge in [-0.15, -0.1) is 0 Å². The van der Waals surface area contributed by atoms with E-state index in [1.54, 1.807) is 0 Å². The van der Waals surface area contributed by atoms with Crippen molar-refractivity contribution >= 4 is 21.7 Å². The van der Waals surface area contributed by atoms with E-state index in [0.29, 0.717) is 0 Å². The summed E-state index contributed by atoms with van der Waals surface area (Å²) in [4.78, 5) is 10.9. The van der Waals surface area contributed by atoms with E-state index >= 15 is 0 Å². The van der Waals surface area contributed by atoms with Crippen molar-refractivity contribution in [3.8, 4) is 0 Å². The molecule has 0 spiro atoms. The molecule has 1 aromatic carbocycles. The average Bonchev–Trinajstić information content (AvgIpc) is 2.38. The molecule has 1 aromatic rings. The van der Waals surface area contributed by atoms with Gasteiger partial charge in [-0.05, 0) is 31.0 Å². The zero-order valence-electron chi connectivity index (χ0n) is 11.0. The number of aromatic carboxylic acids is 1. The zero-order valence-corrected chi connectivity index (χ0v) is 11.8. The first-order valence-electron chi connectivity index (χ1n) is 6.55. The lowest BCUT2D eigenvalue weighted by molar-refractivity contribution is 0.0692. The third-order valence-corrected chi connectivity index (χ3v) is 5.03. The summed E-state index contributed by atoms with van der Waals surface area (Å²) in [6, 6.07) is 3.68. The first kappa shape index (κ1) is 14.8. The molecule has 6 nitrogen and oxygen atoms in total. The van der Waals surface area contributed by atoms with E-state index in [2.05, 4.69) is 4.72 Å². The number of sulfonamides is 1. The van der Waals surface area contributed by atoms with E-state index in [0.717, 1.165) is 38.2 Å². The topological polar surface area (TPSA) is 109 Å². The quantitative estimate of drug-likeness (QED) is 0.731. The van der Waals surface area contributed by atoms with Crippen molar-refractivity contribution in [1.29, 1.82) is 0 Å². The highest BCUT2D eigenvalue weighted by atomic mass is 32.2. The second-order valence-electron chi connectivity index (χ2n) is 5.02. The molecule has 0 aromatic heterocycles. The number of carboxylic acid groups (broad SMARTS) is 1. The van der Waals surface area contributed by atoms with Crippen molar-refractivity contribution in [2.24, 2.45) is 0 Å². The summed E-state index contributed by atoms with van der Waals surface area (Å²) in [6.45, 7) is 0. The lowest BCUT2D eigenvalue weighted by Crippen LogP contribution is -2.36. The van der Waals surface area contributed by atoms with Crippen LogP contribution in [0.4, 0.5) is 5.69 Å². The van der Waals surface area contributed by atoms with Crippen LogP contribution in [0.2, 0.25) is 0 Å². The third kappa shape index (κ3) is 3.29. The first-order chi connectivity index (χ1) is 9.40. The fraction of sp³-hybridized carbons (Fsp3) is 0.462. The monoisotopic (exact) mass is 298 g/mol. The summed E-state index contributed by atoms with van der Waals surface area (Å²) in [6.07, 6.45) is 4.66. The van der Waals surface area contributed by atoms with Crippen molar-refractivity contribution in [3.05, 3.63) is 23.8 Å². The second kappa shape index (κ2) is 5.80. The van der Waals surface area contributed by atoms with Crippen molar-refractivity contribution in [2.45, 2.75) is 43.0 Å². The number of rotatable bonds is 4. The van der Waals surface area contributed by atoms with Crippen molar-refractivity contribution in [1.82, 2.24) is 4.72 Å². The van der Waals surface area contributed by atoms with Gasteiger partial charge in [-0.2, -0.15) is 0 Å². The molecule has 110 valence electrons. The Morgan fingerprint density at radius 3 is 2.50 bits per heavy atom. The largest absolute Gasteiger partial charge is 0.478 e. The summed E-state index contributed by atoms with van der Waals surface area (Å²) in [7, 11) is -3.84. The second-order valence-corrected chi connectivity index (χ2v) is 6.70. The maximum absolute atomic E-state index is 12.3. The van der Waals surface area contributed by atoms with Gasteiger partial charge < -0.3 is 10.8 Å². The highest BCUT2D eigenvalue weighted by molar-refractivity contribution is 7.89. The molecular weight excluding hydrogens is 280 g/mol. The maximum atomic E-state index is 12.3. The number of hydrogen-bond donors (Lipinski definition) is 3. The molecule has 0 aliphatic heterocycles. The van der Waals surface area contributed by atoms with Crippen LogP contribution in [0.25, 0.3) is 0 Å². The molecule has 0 saturated heterocycles. The Kier molecular flexibility index (Phi) is 4.29. The van der Waals surface area contributed by atoms with Gasteiger partial charge in [-0.3, -0.25) is 0 Å².